The average Bonchev–Trinajstić information content (AvgIpc) is 3.18. The number of carboxylic acids is 1. The van der Waals surface area contributed by atoms with Gasteiger partial charge < -0.3 is 14.6 Å². The van der Waals surface area contributed by atoms with Crippen molar-refractivity contribution >= 4 is 11.8 Å². The highest BCUT2D eigenvalue weighted by molar-refractivity contribution is 6.05. The Labute approximate surface area is 143 Å². The van der Waals surface area contributed by atoms with Crippen molar-refractivity contribution in [1.82, 2.24) is 0 Å². The normalized spacial score (nSPS) is 21.8. The lowest BCUT2D eigenvalue weighted by Crippen LogP contribution is -2.26. The molecule has 2 aliphatic rings. The summed E-state index contributed by atoms with van der Waals surface area (Å²) in [7, 11) is 0. The van der Waals surface area contributed by atoms with Crippen molar-refractivity contribution in [3.8, 4) is 0 Å². The summed E-state index contributed by atoms with van der Waals surface area (Å²) >= 11 is 0. The zero-order chi connectivity index (χ0) is 18.2. The van der Waals surface area contributed by atoms with Gasteiger partial charge in [0.15, 0.2) is 11.6 Å². The van der Waals surface area contributed by atoms with E-state index in [1.54, 1.807) is 6.92 Å². The maximum absolute atomic E-state index is 14.8. The van der Waals surface area contributed by atoms with E-state index in [0.29, 0.717) is 32.5 Å². The lowest BCUT2D eigenvalue weighted by molar-refractivity contribution is -0.151. The molecule has 1 atom stereocenters. The molecule has 1 saturated heterocycles. The molecule has 1 heterocycles. The standard InChI is InChI=1S/C18H20F2O5/c1-2-11-16(10-3-4-18(9-10)24-5-6-25-18)13(19)7-12(17(11)20)14(21)8-15(22)23/h7,10H,2-6,8-9H2,1H3,(H,22,23). The summed E-state index contributed by atoms with van der Waals surface area (Å²) in [6.07, 6.45) is 0.997. The average molecular weight is 354 g/mol. The maximum Gasteiger partial charge on any atom is 0.311 e. The number of ether oxygens (including phenoxy) is 2. The fourth-order valence-corrected chi connectivity index (χ4v) is 3.89. The number of ketones is 1. The van der Waals surface area contributed by atoms with E-state index in [0.717, 1.165) is 6.07 Å². The van der Waals surface area contributed by atoms with Gasteiger partial charge in [0.2, 0.25) is 0 Å². The summed E-state index contributed by atoms with van der Waals surface area (Å²) in [6.45, 7) is 2.67. The van der Waals surface area contributed by atoms with Crippen LogP contribution in [0.4, 0.5) is 8.78 Å². The molecule has 25 heavy (non-hydrogen) atoms. The molecule has 0 radical (unpaired) electrons. The van der Waals surface area contributed by atoms with Crippen LogP contribution in [0.1, 0.15) is 60.0 Å². The quantitative estimate of drug-likeness (QED) is 0.649. The number of hydrogen-bond donors (Lipinski definition) is 1. The van der Waals surface area contributed by atoms with Gasteiger partial charge in [0.05, 0.1) is 18.8 Å². The number of aliphatic carboxylic acids is 1. The van der Waals surface area contributed by atoms with Gasteiger partial charge >= 0.3 is 5.97 Å². The lowest BCUT2D eigenvalue weighted by Gasteiger charge is -2.23. The first-order valence-electron chi connectivity index (χ1n) is 8.40. The minimum absolute atomic E-state index is 0.133. The number of carbonyl (C=O) groups is 2. The summed E-state index contributed by atoms with van der Waals surface area (Å²) in [5, 5.41) is 8.71. The van der Waals surface area contributed by atoms with Crippen LogP contribution in [0.25, 0.3) is 0 Å². The van der Waals surface area contributed by atoms with Crippen molar-refractivity contribution in [1.29, 1.82) is 0 Å². The van der Waals surface area contributed by atoms with E-state index in [4.69, 9.17) is 14.6 Å². The van der Waals surface area contributed by atoms with Crippen molar-refractivity contribution in [2.75, 3.05) is 13.2 Å². The van der Waals surface area contributed by atoms with E-state index < -0.39 is 41.2 Å². The van der Waals surface area contributed by atoms with Gasteiger partial charge in [-0.15, -0.1) is 0 Å². The highest BCUT2D eigenvalue weighted by Crippen LogP contribution is 2.47. The molecule has 1 spiro atoms. The molecule has 1 aromatic carbocycles. The summed E-state index contributed by atoms with van der Waals surface area (Å²) in [6, 6.07) is 0.830. The van der Waals surface area contributed by atoms with Crippen LogP contribution in [0.5, 0.6) is 0 Å². The maximum atomic E-state index is 14.8. The molecule has 0 bridgehead atoms. The largest absolute Gasteiger partial charge is 0.481 e. The number of rotatable bonds is 5. The van der Waals surface area contributed by atoms with Crippen LogP contribution < -0.4 is 0 Å². The van der Waals surface area contributed by atoms with Crippen LogP contribution in [0.15, 0.2) is 6.07 Å². The molecule has 2 fully saturated rings. The summed E-state index contributed by atoms with van der Waals surface area (Å²) < 4.78 is 40.8. The third-order valence-electron chi connectivity index (χ3n) is 4.97. The van der Waals surface area contributed by atoms with Crippen LogP contribution in [0, 0.1) is 11.6 Å². The number of halogens is 2. The zero-order valence-electron chi connectivity index (χ0n) is 13.9. The lowest BCUT2D eigenvalue weighted by atomic mass is 9.88. The van der Waals surface area contributed by atoms with Crippen LogP contribution in [-0.2, 0) is 20.7 Å². The highest BCUT2D eigenvalue weighted by Gasteiger charge is 2.45. The summed E-state index contributed by atoms with van der Waals surface area (Å²) in [5.41, 5.74) is -0.113. The van der Waals surface area contributed by atoms with E-state index in [9.17, 15) is 18.4 Å². The first-order valence-corrected chi connectivity index (χ1v) is 8.40. The van der Waals surface area contributed by atoms with Gasteiger partial charge in [0.1, 0.15) is 18.1 Å². The second-order valence-electron chi connectivity index (χ2n) is 6.51. The molecule has 5 nitrogen and oxygen atoms in total. The van der Waals surface area contributed by atoms with Gasteiger partial charge in [0, 0.05) is 12.8 Å². The Kier molecular flexibility index (Phi) is 4.88. The highest BCUT2D eigenvalue weighted by atomic mass is 19.1. The molecule has 1 unspecified atom stereocenters. The van der Waals surface area contributed by atoms with Gasteiger partial charge in [-0.05, 0) is 36.0 Å². The molecular weight excluding hydrogens is 334 g/mol. The molecule has 1 aliphatic heterocycles. The fraction of sp³-hybridized carbons (Fsp3) is 0.556. The first kappa shape index (κ1) is 17.9. The van der Waals surface area contributed by atoms with Crippen LogP contribution in [0.2, 0.25) is 0 Å². The number of benzene rings is 1. The Morgan fingerprint density at radius 3 is 2.60 bits per heavy atom. The second-order valence-corrected chi connectivity index (χ2v) is 6.51. The van der Waals surface area contributed by atoms with Crippen LogP contribution >= 0.6 is 0 Å². The van der Waals surface area contributed by atoms with Crippen LogP contribution in [-0.4, -0.2) is 35.9 Å². The molecule has 7 heteroatoms. The Morgan fingerprint density at radius 2 is 2.00 bits per heavy atom. The van der Waals surface area contributed by atoms with Gasteiger partial charge in [-0.2, -0.15) is 0 Å². The molecule has 1 aromatic rings. The van der Waals surface area contributed by atoms with Gasteiger partial charge in [0.25, 0.3) is 0 Å². The fourth-order valence-electron chi connectivity index (χ4n) is 3.89. The van der Waals surface area contributed by atoms with Gasteiger partial charge in [-0.1, -0.05) is 6.92 Å². The summed E-state index contributed by atoms with van der Waals surface area (Å²) in [4.78, 5) is 22.6. The predicted octanol–water partition coefficient (Wildman–Crippen LogP) is 3.20. The number of hydrogen-bond acceptors (Lipinski definition) is 4. The molecule has 1 aliphatic carbocycles. The van der Waals surface area contributed by atoms with Crippen LogP contribution in [0.3, 0.4) is 0 Å². The Hall–Kier alpha value is -1.86. The van der Waals surface area contributed by atoms with Gasteiger partial charge in [-0.3, -0.25) is 9.59 Å². The minimum atomic E-state index is -1.37. The Bertz CT molecular complexity index is 710. The van der Waals surface area contributed by atoms with Crippen molar-refractivity contribution in [3.63, 3.8) is 0 Å². The molecule has 136 valence electrons. The third kappa shape index (κ3) is 3.30. The van der Waals surface area contributed by atoms with E-state index >= 15 is 0 Å². The number of carboxylic acid groups (broad SMARTS) is 1. The van der Waals surface area contributed by atoms with E-state index in [2.05, 4.69) is 0 Å². The zero-order valence-corrected chi connectivity index (χ0v) is 13.9. The topological polar surface area (TPSA) is 72.8 Å². The molecule has 3 rings (SSSR count). The predicted molar refractivity (Wildman–Crippen MR) is 83.5 cm³/mol. The molecule has 1 saturated carbocycles. The molecule has 0 amide bonds. The third-order valence-corrected chi connectivity index (χ3v) is 4.97. The Morgan fingerprint density at radius 1 is 1.32 bits per heavy atom. The van der Waals surface area contributed by atoms with E-state index in [1.165, 1.54) is 0 Å². The molecule has 1 N–H and O–H groups in total. The van der Waals surface area contributed by atoms with Crippen molar-refractivity contribution < 1.29 is 33.0 Å². The second kappa shape index (κ2) is 6.80. The number of Topliss-reactive ketones (excluding diaryl/α,β-unsaturated/α-hetero) is 1. The SMILES string of the molecule is CCc1c(F)c(C(=O)CC(=O)O)cc(F)c1C1CCC2(C1)OCCO2. The van der Waals surface area contributed by atoms with Gasteiger partial charge in [-0.25, -0.2) is 8.78 Å². The monoisotopic (exact) mass is 354 g/mol. The Balaban J connectivity index is 1.96. The molecule has 0 aromatic heterocycles. The molecular formula is C18H20F2O5. The van der Waals surface area contributed by atoms with Crippen molar-refractivity contribution in [2.24, 2.45) is 0 Å². The van der Waals surface area contributed by atoms with Crippen molar-refractivity contribution in [2.45, 2.75) is 50.7 Å². The van der Waals surface area contributed by atoms with Crippen molar-refractivity contribution in [3.05, 3.63) is 34.4 Å². The first-order chi connectivity index (χ1) is 11.9. The minimum Gasteiger partial charge on any atom is -0.481 e. The van der Waals surface area contributed by atoms with E-state index in [1.807, 2.05) is 0 Å². The number of carbonyl (C=O) groups excluding carboxylic acids is 1. The van der Waals surface area contributed by atoms with E-state index in [-0.39, 0.29) is 23.5 Å². The smallest absolute Gasteiger partial charge is 0.311 e. The summed E-state index contributed by atoms with van der Waals surface area (Å²) in [5.74, 6) is -4.77.